The average Bonchev–Trinajstić information content (AvgIpc) is 2.99. The quantitative estimate of drug-likeness (QED) is 0.918. The van der Waals surface area contributed by atoms with Crippen LogP contribution in [0.1, 0.15) is 19.3 Å². The molecule has 0 bridgehead atoms. The van der Waals surface area contributed by atoms with Crippen LogP contribution in [-0.2, 0) is 9.53 Å². The first kappa shape index (κ1) is 14.8. The van der Waals surface area contributed by atoms with Crippen molar-refractivity contribution in [2.45, 2.75) is 25.3 Å². The van der Waals surface area contributed by atoms with Gasteiger partial charge in [0.05, 0.1) is 13.2 Å². The van der Waals surface area contributed by atoms with Crippen LogP contribution in [0.4, 0.5) is 5.69 Å². The fraction of sp³-hybridized carbons (Fsp3) is 0.588. The molecule has 0 aromatic heterocycles. The van der Waals surface area contributed by atoms with Gasteiger partial charge < -0.3 is 19.5 Å². The van der Waals surface area contributed by atoms with Gasteiger partial charge in [-0.1, -0.05) is 6.42 Å². The van der Waals surface area contributed by atoms with Crippen LogP contribution in [-0.4, -0.2) is 49.9 Å². The van der Waals surface area contributed by atoms with Gasteiger partial charge in [0.2, 0.25) is 12.7 Å². The number of nitrogens with one attached hydrogen (secondary N) is 1. The molecule has 23 heavy (non-hydrogen) atoms. The molecule has 0 radical (unpaired) electrons. The number of carbonyl (C=O) groups is 1. The molecule has 1 aliphatic carbocycles. The van der Waals surface area contributed by atoms with Gasteiger partial charge >= 0.3 is 0 Å². The maximum absolute atomic E-state index is 12.7. The number of benzene rings is 1. The van der Waals surface area contributed by atoms with E-state index in [0.717, 1.165) is 30.4 Å². The Morgan fingerprint density at radius 1 is 1.26 bits per heavy atom. The van der Waals surface area contributed by atoms with Crippen molar-refractivity contribution in [3.8, 4) is 11.5 Å². The Labute approximate surface area is 135 Å². The summed E-state index contributed by atoms with van der Waals surface area (Å²) in [4.78, 5) is 14.9. The molecule has 6 heteroatoms. The second-order valence-electron chi connectivity index (χ2n) is 6.44. The summed E-state index contributed by atoms with van der Waals surface area (Å²) in [5.74, 6) is 2.13. The summed E-state index contributed by atoms with van der Waals surface area (Å²) in [7, 11) is 0. The Balaban J connectivity index is 1.41. The number of ether oxygens (including phenoxy) is 3. The molecule has 3 aliphatic rings. The Bertz CT molecular complexity index is 588. The lowest BCUT2D eigenvalue weighted by Crippen LogP contribution is -2.53. The van der Waals surface area contributed by atoms with Crippen molar-refractivity contribution in [2.75, 3.05) is 38.4 Å². The Morgan fingerprint density at radius 2 is 2.13 bits per heavy atom. The normalized spacial score (nSPS) is 24.3. The summed E-state index contributed by atoms with van der Waals surface area (Å²) in [5, 5.41) is 2.98. The first-order valence-corrected chi connectivity index (χ1v) is 8.32. The lowest BCUT2D eigenvalue weighted by Gasteiger charge is -2.39. The van der Waals surface area contributed by atoms with Gasteiger partial charge in [-0.05, 0) is 30.9 Å². The SMILES string of the molecule is O=C(Nc1ccc2c(c1)OCO2)C1COCCN1CC1CCC1. The van der Waals surface area contributed by atoms with Crippen molar-refractivity contribution in [2.24, 2.45) is 5.92 Å². The first-order chi connectivity index (χ1) is 11.3. The zero-order valence-electron chi connectivity index (χ0n) is 13.1. The number of morpholine rings is 1. The van der Waals surface area contributed by atoms with Gasteiger partial charge in [0, 0.05) is 24.8 Å². The maximum Gasteiger partial charge on any atom is 0.244 e. The van der Waals surface area contributed by atoms with E-state index in [4.69, 9.17) is 14.2 Å². The second-order valence-corrected chi connectivity index (χ2v) is 6.44. The highest BCUT2D eigenvalue weighted by molar-refractivity contribution is 5.95. The van der Waals surface area contributed by atoms with E-state index in [2.05, 4.69) is 10.2 Å². The number of carbonyl (C=O) groups excluding carboxylic acids is 1. The minimum absolute atomic E-state index is 0.0112. The van der Waals surface area contributed by atoms with Gasteiger partial charge in [0.1, 0.15) is 6.04 Å². The molecule has 0 spiro atoms. The molecule has 1 saturated heterocycles. The molecule has 6 nitrogen and oxygen atoms in total. The summed E-state index contributed by atoms with van der Waals surface area (Å²) in [6, 6.07) is 5.25. The monoisotopic (exact) mass is 318 g/mol. The molecule has 124 valence electrons. The maximum atomic E-state index is 12.7. The molecule has 2 fully saturated rings. The highest BCUT2D eigenvalue weighted by Crippen LogP contribution is 2.34. The van der Waals surface area contributed by atoms with Crippen LogP contribution in [0.15, 0.2) is 18.2 Å². The van der Waals surface area contributed by atoms with Crippen LogP contribution < -0.4 is 14.8 Å². The number of nitrogens with zero attached hydrogens (tertiary/aromatic N) is 1. The zero-order valence-corrected chi connectivity index (χ0v) is 13.1. The summed E-state index contributed by atoms with van der Waals surface area (Å²) in [6.07, 6.45) is 3.89. The van der Waals surface area contributed by atoms with Gasteiger partial charge in [0.25, 0.3) is 0 Å². The van der Waals surface area contributed by atoms with Crippen molar-refractivity contribution in [3.63, 3.8) is 0 Å². The third-order valence-corrected chi connectivity index (χ3v) is 4.90. The minimum Gasteiger partial charge on any atom is -0.454 e. The largest absolute Gasteiger partial charge is 0.454 e. The molecule has 1 N–H and O–H groups in total. The number of rotatable bonds is 4. The van der Waals surface area contributed by atoms with E-state index in [1.54, 1.807) is 6.07 Å². The predicted octanol–water partition coefficient (Wildman–Crippen LogP) is 1.85. The van der Waals surface area contributed by atoms with E-state index < -0.39 is 0 Å². The zero-order chi connectivity index (χ0) is 15.6. The van der Waals surface area contributed by atoms with Gasteiger partial charge in [-0.25, -0.2) is 0 Å². The molecule has 1 saturated carbocycles. The summed E-state index contributed by atoms with van der Waals surface area (Å²) in [5.41, 5.74) is 0.730. The number of hydrogen-bond acceptors (Lipinski definition) is 5. The van der Waals surface area contributed by atoms with E-state index in [9.17, 15) is 4.79 Å². The first-order valence-electron chi connectivity index (χ1n) is 8.32. The highest BCUT2D eigenvalue weighted by Gasteiger charge is 2.32. The van der Waals surface area contributed by atoms with E-state index >= 15 is 0 Å². The molecule has 2 heterocycles. The molecule has 1 unspecified atom stereocenters. The molecule has 4 rings (SSSR count). The number of anilines is 1. The van der Waals surface area contributed by atoms with Crippen molar-refractivity contribution < 1.29 is 19.0 Å². The lowest BCUT2D eigenvalue weighted by molar-refractivity contribution is -0.128. The van der Waals surface area contributed by atoms with Crippen molar-refractivity contribution in [1.29, 1.82) is 0 Å². The molecule has 1 aromatic carbocycles. The highest BCUT2D eigenvalue weighted by atomic mass is 16.7. The van der Waals surface area contributed by atoms with E-state index in [0.29, 0.717) is 19.0 Å². The third-order valence-electron chi connectivity index (χ3n) is 4.90. The number of fused-ring (bicyclic) bond motifs is 1. The lowest BCUT2D eigenvalue weighted by atomic mass is 9.84. The Kier molecular flexibility index (Phi) is 4.10. The summed E-state index contributed by atoms with van der Waals surface area (Å²) in [6.45, 7) is 3.24. The Morgan fingerprint density at radius 3 is 2.96 bits per heavy atom. The number of amides is 1. The molecular weight excluding hydrogens is 296 g/mol. The van der Waals surface area contributed by atoms with Crippen molar-refractivity contribution in [3.05, 3.63) is 18.2 Å². The van der Waals surface area contributed by atoms with E-state index in [1.807, 2.05) is 12.1 Å². The van der Waals surface area contributed by atoms with Crippen LogP contribution in [0.3, 0.4) is 0 Å². The number of hydrogen-bond donors (Lipinski definition) is 1. The van der Waals surface area contributed by atoms with Crippen LogP contribution in [0.2, 0.25) is 0 Å². The van der Waals surface area contributed by atoms with Gasteiger partial charge in [-0.2, -0.15) is 0 Å². The Hall–Kier alpha value is -1.79. The summed E-state index contributed by atoms with van der Waals surface area (Å²) >= 11 is 0. The van der Waals surface area contributed by atoms with Crippen LogP contribution in [0, 0.1) is 5.92 Å². The molecular formula is C17H22N2O4. The molecule has 1 atom stereocenters. The fourth-order valence-electron chi connectivity index (χ4n) is 3.30. The standard InChI is InChI=1S/C17H22N2O4/c20-17(18-13-4-5-15-16(8-13)23-11-22-15)14-10-21-7-6-19(14)9-12-2-1-3-12/h4-5,8,12,14H,1-3,6-7,9-11H2,(H,18,20). The van der Waals surface area contributed by atoms with E-state index in [-0.39, 0.29) is 18.7 Å². The van der Waals surface area contributed by atoms with Crippen LogP contribution in [0.5, 0.6) is 11.5 Å². The van der Waals surface area contributed by atoms with E-state index in [1.165, 1.54) is 19.3 Å². The summed E-state index contributed by atoms with van der Waals surface area (Å²) < 4.78 is 16.2. The van der Waals surface area contributed by atoms with Gasteiger partial charge in [-0.3, -0.25) is 9.69 Å². The van der Waals surface area contributed by atoms with Crippen LogP contribution in [0.25, 0.3) is 0 Å². The van der Waals surface area contributed by atoms with Gasteiger partial charge in [0.15, 0.2) is 11.5 Å². The smallest absolute Gasteiger partial charge is 0.244 e. The molecule has 2 aliphatic heterocycles. The molecule has 1 aromatic rings. The topological polar surface area (TPSA) is 60.0 Å². The van der Waals surface area contributed by atoms with Crippen molar-refractivity contribution >= 4 is 11.6 Å². The predicted molar refractivity (Wildman–Crippen MR) is 84.7 cm³/mol. The molecule has 1 amide bonds. The van der Waals surface area contributed by atoms with Gasteiger partial charge in [-0.15, -0.1) is 0 Å². The average molecular weight is 318 g/mol. The second kappa shape index (κ2) is 6.37. The third kappa shape index (κ3) is 3.14. The fourth-order valence-corrected chi connectivity index (χ4v) is 3.30. The van der Waals surface area contributed by atoms with Crippen molar-refractivity contribution in [1.82, 2.24) is 4.90 Å². The van der Waals surface area contributed by atoms with Crippen LogP contribution >= 0.6 is 0 Å². The minimum atomic E-state index is -0.213.